The lowest BCUT2D eigenvalue weighted by molar-refractivity contribution is -0.138. The highest BCUT2D eigenvalue weighted by Crippen LogP contribution is 1.96. The number of aromatic nitrogens is 3. The van der Waals surface area contributed by atoms with Gasteiger partial charge in [-0.3, -0.25) is 4.57 Å². The minimum atomic E-state index is -0.505. The van der Waals surface area contributed by atoms with Crippen molar-refractivity contribution in [3.05, 3.63) is 29.0 Å². The number of carbonyl (C=O) groups excluding carboxylic acids is 1. The van der Waals surface area contributed by atoms with Crippen LogP contribution in [0.5, 0.6) is 0 Å². The van der Waals surface area contributed by atoms with Crippen LogP contribution in [0.25, 0.3) is 0 Å². The Balaban J connectivity index is 2.71. The van der Waals surface area contributed by atoms with Gasteiger partial charge >= 0.3 is 11.7 Å². The maximum Gasteiger partial charge on any atom is 0.345 e. The monoisotopic (exact) mass is 211 g/mol. The van der Waals surface area contributed by atoms with E-state index in [-0.39, 0.29) is 24.4 Å². The quantitative estimate of drug-likeness (QED) is 0.506. The SMILES string of the molecule is C=C(Cn1ncn(C)c1=O)C(=O)OCC. The first kappa shape index (κ1) is 11.2. The zero-order chi connectivity index (χ0) is 11.4. The van der Waals surface area contributed by atoms with E-state index in [4.69, 9.17) is 4.74 Å². The molecule has 0 saturated carbocycles. The van der Waals surface area contributed by atoms with E-state index in [2.05, 4.69) is 11.7 Å². The smallest absolute Gasteiger partial charge is 0.345 e. The normalized spacial score (nSPS) is 10.0. The Labute approximate surface area is 86.8 Å². The fourth-order valence-electron chi connectivity index (χ4n) is 1.01. The van der Waals surface area contributed by atoms with Crippen molar-refractivity contribution in [3.63, 3.8) is 0 Å². The molecule has 0 spiro atoms. The van der Waals surface area contributed by atoms with Crippen LogP contribution in [0.15, 0.2) is 23.3 Å². The summed E-state index contributed by atoms with van der Waals surface area (Å²) in [5.41, 5.74) is -0.0851. The van der Waals surface area contributed by atoms with Gasteiger partial charge < -0.3 is 4.74 Å². The Morgan fingerprint density at radius 3 is 2.80 bits per heavy atom. The van der Waals surface area contributed by atoms with Gasteiger partial charge in [0.15, 0.2) is 0 Å². The Kier molecular flexibility index (Phi) is 3.43. The van der Waals surface area contributed by atoms with Gasteiger partial charge in [-0.2, -0.15) is 5.10 Å². The van der Waals surface area contributed by atoms with E-state index in [9.17, 15) is 9.59 Å². The molecule has 0 radical (unpaired) electrons. The van der Waals surface area contributed by atoms with Gasteiger partial charge in [-0.05, 0) is 6.92 Å². The fourth-order valence-corrected chi connectivity index (χ4v) is 1.01. The molecule has 0 saturated heterocycles. The van der Waals surface area contributed by atoms with Gasteiger partial charge in [0.2, 0.25) is 0 Å². The molecule has 0 aliphatic heterocycles. The van der Waals surface area contributed by atoms with Crippen LogP contribution < -0.4 is 5.69 Å². The van der Waals surface area contributed by atoms with Crippen LogP contribution in [0.2, 0.25) is 0 Å². The molecule has 0 N–H and O–H groups in total. The molecule has 0 atom stereocenters. The first-order valence-corrected chi connectivity index (χ1v) is 4.49. The number of ether oxygens (including phenoxy) is 1. The fraction of sp³-hybridized carbons (Fsp3) is 0.444. The number of aryl methyl sites for hydroxylation is 1. The first-order chi connectivity index (χ1) is 7.06. The van der Waals surface area contributed by atoms with Crippen LogP contribution >= 0.6 is 0 Å². The highest BCUT2D eigenvalue weighted by atomic mass is 16.5. The number of hydrogen-bond donors (Lipinski definition) is 0. The molecule has 0 aromatic carbocycles. The van der Waals surface area contributed by atoms with Crippen LogP contribution in [-0.4, -0.2) is 26.9 Å². The van der Waals surface area contributed by atoms with Crippen molar-refractivity contribution in [2.45, 2.75) is 13.5 Å². The second kappa shape index (κ2) is 4.59. The molecule has 1 heterocycles. The van der Waals surface area contributed by atoms with E-state index in [1.54, 1.807) is 14.0 Å². The van der Waals surface area contributed by atoms with Crippen molar-refractivity contribution >= 4 is 5.97 Å². The molecule has 6 heteroatoms. The van der Waals surface area contributed by atoms with Crippen LogP contribution in [0.1, 0.15) is 6.92 Å². The highest BCUT2D eigenvalue weighted by Gasteiger charge is 2.10. The topological polar surface area (TPSA) is 66.1 Å². The third-order valence-corrected chi connectivity index (χ3v) is 1.79. The van der Waals surface area contributed by atoms with E-state index in [1.165, 1.54) is 10.9 Å². The van der Waals surface area contributed by atoms with Crippen LogP contribution in [0, 0.1) is 0 Å². The molecule has 0 fully saturated rings. The average molecular weight is 211 g/mol. The Morgan fingerprint density at radius 2 is 2.33 bits per heavy atom. The van der Waals surface area contributed by atoms with Gasteiger partial charge in [-0.1, -0.05) is 6.58 Å². The summed E-state index contributed by atoms with van der Waals surface area (Å²) in [6.07, 6.45) is 1.38. The lowest BCUT2D eigenvalue weighted by Crippen LogP contribution is -2.25. The van der Waals surface area contributed by atoms with Crippen molar-refractivity contribution in [2.24, 2.45) is 7.05 Å². The number of carbonyl (C=O) groups is 1. The molecule has 0 aliphatic rings. The molecule has 0 aliphatic carbocycles. The van der Waals surface area contributed by atoms with E-state index >= 15 is 0 Å². The number of rotatable bonds is 4. The standard InChI is InChI=1S/C9H13N3O3/c1-4-15-8(13)7(2)5-12-9(14)11(3)6-10-12/h6H,2,4-5H2,1,3H3. The van der Waals surface area contributed by atoms with Gasteiger partial charge in [-0.15, -0.1) is 0 Å². The summed E-state index contributed by atoms with van der Waals surface area (Å²) in [7, 11) is 1.58. The minimum absolute atomic E-state index is 0.0541. The first-order valence-electron chi connectivity index (χ1n) is 4.49. The van der Waals surface area contributed by atoms with Gasteiger partial charge in [0.05, 0.1) is 18.7 Å². The maximum absolute atomic E-state index is 11.4. The van der Waals surface area contributed by atoms with Crippen molar-refractivity contribution in [1.29, 1.82) is 0 Å². The van der Waals surface area contributed by atoms with Gasteiger partial charge in [0.25, 0.3) is 0 Å². The molecule has 15 heavy (non-hydrogen) atoms. The largest absolute Gasteiger partial charge is 0.463 e. The number of nitrogens with zero attached hydrogens (tertiary/aromatic N) is 3. The third-order valence-electron chi connectivity index (χ3n) is 1.79. The second-order valence-electron chi connectivity index (χ2n) is 3.01. The molecule has 1 aromatic rings. The van der Waals surface area contributed by atoms with Crippen molar-refractivity contribution < 1.29 is 9.53 Å². The molecule has 1 rings (SSSR count). The molecular weight excluding hydrogens is 198 g/mol. The summed E-state index contributed by atoms with van der Waals surface area (Å²) >= 11 is 0. The Morgan fingerprint density at radius 1 is 1.67 bits per heavy atom. The summed E-state index contributed by atoms with van der Waals surface area (Å²) in [5.74, 6) is -0.505. The average Bonchev–Trinajstić information content (AvgIpc) is 2.50. The molecule has 0 unspecified atom stereocenters. The Bertz CT molecular complexity index is 430. The summed E-state index contributed by atoms with van der Waals surface area (Å²) < 4.78 is 7.20. The summed E-state index contributed by atoms with van der Waals surface area (Å²) in [4.78, 5) is 22.5. The maximum atomic E-state index is 11.4. The molecule has 0 amide bonds. The lowest BCUT2D eigenvalue weighted by Gasteiger charge is -2.03. The lowest BCUT2D eigenvalue weighted by atomic mass is 10.3. The van der Waals surface area contributed by atoms with E-state index in [0.717, 1.165) is 4.68 Å². The van der Waals surface area contributed by atoms with Crippen molar-refractivity contribution in [1.82, 2.24) is 14.3 Å². The summed E-state index contributed by atoms with van der Waals surface area (Å²) in [6.45, 7) is 5.58. The van der Waals surface area contributed by atoms with Gasteiger partial charge in [0, 0.05) is 7.05 Å². The second-order valence-corrected chi connectivity index (χ2v) is 3.01. The molecular formula is C9H13N3O3. The van der Waals surface area contributed by atoms with Crippen LogP contribution in [0.3, 0.4) is 0 Å². The molecule has 1 aromatic heterocycles. The van der Waals surface area contributed by atoms with Gasteiger partial charge in [0.1, 0.15) is 6.33 Å². The number of esters is 1. The number of hydrogen-bond acceptors (Lipinski definition) is 4. The predicted molar refractivity (Wildman–Crippen MR) is 53.2 cm³/mol. The molecule has 82 valence electrons. The zero-order valence-electron chi connectivity index (χ0n) is 8.77. The predicted octanol–water partition coefficient (Wildman–Crippen LogP) is -0.299. The van der Waals surface area contributed by atoms with Crippen LogP contribution in [-0.2, 0) is 23.1 Å². The van der Waals surface area contributed by atoms with Crippen LogP contribution in [0.4, 0.5) is 0 Å². The molecule has 0 bridgehead atoms. The molecule has 6 nitrogen and oxygen atoms in total. The van der Waals surface area contributed by atoms with Crippen molar-refractivity contribution in [3.8, 4) is 0 Å². The van der Waals surface area contributed by atoms with E-state index < -0.39 is 5.97 Å². The third kappa shape index (κ3) is 2.55. The van der Waals surface area contributed by atoms with Crippen molar-refractivity contribution in [2.75, 3.05) is 6.61 Å². The minimum Gasteiger partial charge on any atom is -0.463 e. The summed E-state index contributed by atoms with van der Waals surface area (Å²) in [5, 5.41) is 3.80. The highest BCUT2D eigenvalue weighted by molar-refractivity contribution is 5.87. The Hall–Kier alpha value is -1.85. The van der Waals surface area contributed by atoms with E-state index in [1.807, 2.05) is 0 Å². The zero-order valence-corrected chi connectivity index (χ0v) is 8.77. The van der Waals surface area contributed by atoms with Gasteiger partial charge in [-0.25, -0.2) is 14.3 Å². The summed E-state index contributed by atoms with van der Waals surface area (Å²) in [6, 6.07) is 0. The van der Waals surface area contributed by atoms with E-state index in [0.29, 0.717) is 0 Å².